The molecule has 0 radical (unpaired) electrons. The lowest BCUT2D eigenvalue weighted by atomic mass is 10.2. The minimum atomic E-state index is -2.90. The first-order chi connectivity index (χ1) is 6.10. The van der Waals surface area contributed by atoms with Crippen LogP contribution >= 0.6 is 0 Å². The summed E-state index contributed by atoms with van der Waals surface area (Å²) < 4.78 is 29.3. The van der Waals surface area contributed by atoms with E-state index in [1.807, 2.05) is 0 Å². The van der Waals surface area contributed by atoms with Gasteiger partial charge < -0.3 is 4.74 Å². The van der Waals surface area contributed by atoms with Gasteiger partial charge in [0, 0.05) is 12.5 Å². The molecule has 0 aliphatic carbocycles. The summed E-state index contributed by atoms with van der Waals surface area (Å²) in [5.41, 5.74) is -2.19. The van der Waals surface area contributed by atoms with E-state index in [0.29, 0.717) is 0 Å². The lowest BCUT2D eigenvalue weighted by Gasteiger charge is -2.21. The van der Waals surface area contributed by atoms with Crippen LogP contribution in [0.1, 0.15) is 13.3 Å². The maximum Gasteiger partial charge on any atom is 0.308 e. The molecule has 72 valence electrons. The van der Waals surface area contributed by atoms with Gasteiger partial charge in [0.1, 0.15) is 0 Å². The zero-order chi connectivity index (χ0) is 9.90. The van der Waals surface area contributed by atoms with Crippen molar-refractivity contribution in [1.29, 1.82) is 0 Å². The Balaban J connectivity index is 2.75. The van der Waals surface area contributed by atoms with Crippen LogP contribution in [-0.2, 0) is 9.53 Å². The van der Waals surface area contributed by atoms with Gasteiger partial charge in [0.15, 0.2) is 0 Å². The first kappa shape index (κ1) is 9.76. The molecular formula is C7H8F2N2O2. The third-order valence-electron chi connectivity index (χ3n) is 1.47. The van der Waals surface area contributed by atoms with Crippen LogP contribution in [0, 0.1) is 0 Å². The average molecular weight is 190 g/mol. The topological polar surface area (TPSA) is 51.0 Å². The highest BCUT2D eigenvalue weighted by Crippen LogP contribution is 2.28. The minimum Gasteiger partial charge on any atom is -0.425 e. The Morgan fingerprint density at radius 1 is 1.69 bits per heavy atom. The maximum atomic E-state index is 12.4. The summed E-state index contributed by atoms with van der Waals surface area (Å²) >= 11 is 0. The molecule has 1 rings (SSSR count). The smallest absolute Gasteiger partial charge is 0.308 e. The first-order valence-electron chi connectivity index (χ1n) is 3.70. The largest absolute Gasteiger partial charge is 0.425 e. The van der Waals surface area contributed by atoms with Gasteiger partial charge in [0.2, 0.25) is 0 Å². The van der Waals surface area contributed by atoms with Gasteiger partial charge in [-0.2, -0.15) is 5.11 Å². The molecule has 4 nitrogen and oxygen atoms in total. The van der Waals surface area contributed by atoms with Crippen LogP contribution in [0.4, 0.5) is 8.78 Å². The molecule has 0 aromatic carbocycles. The van der Waals surface area contributed by atoms with E-state index in [2.05, 4.69) is 15.0 Å². The van der Waals surface area contributed by atoms with E-state index in [9.17, 15) is 13.6 Å². The Hall–Kier alpha value is -1.33. The second-order valence-corrected chi connectivity index (χ2v) is 2.41. The molecule has 0 saturated heterocycles. The Labute approximate surface area is 73.3 Å². The number of carbonyl (C=O) groups excluding carboxylic acids is 1. The molecule has 0 N–H and O–H groups in total. The van der Waals surface area contributed by atoms with Gasteiger partial charge >= 0.3 is 18.1 Å². The predicted octanol–water partition coefficient (Wildman–Crippen LogP) is 1.88. The standard InChI is InChI=1S/C7H8F2N2O2/c1-2-5(12)13-7(6(8)9)3-4-10-11-7/h3-4,6H,2H2,1H3. The number of halogens is 2. The quantitative estimate of drug-likeness (QED) is 0.638. The average Bonchev–Trinajstić information content (AvgIpc) is 2.54. The van der Waals surface area contributed by atoms with E-state index in [1.165, 1.54) is 6.92 Å². The number of azo groups is 1. The summed E-state index contributed by atoms with van der Waals surface area (Å²) in [5.74, 6) is -0.731. The minimum absolute atomic E-state index is 0.0256. The lowest BCUT2D eigenvalue weighted by Crippen LogP contribution is -2.37. The molecule has 1 heterocycles. The predicted molar refractivity (Wildman–Crippen MR) is 39.1 cm³/mol. The van der Waals surface area contributed by atoms with Crippen LogP contribution in [0.15, 0.2) is 22.5 Å². The number of hydrogen-bond acceptors (Lipinski definition) is 4. The van der Waals surface area contributed by atoms with Crippen LogP contribution < -0.4 is 0 Å². The van der Waals surface area contributed by atoms with Gasteiger partial charge in [0.25, 0.3) is 0 Å². The Kier molecular flexibility index (Phi) is 2.69. The first-order valence-corrected chi connectivity index (χ1v) is 3.70. The van der Waals surface area contributed by atoms with E-state index in [-0.39, 0.29) is 6.42 Å². The zero-order valence-corrected chi connectivity index (χ0v) is 6.91. The highest BCUT2D eigenvalue weighted by Gasteiger charge is 2.43. The molecule has 1 aliphatic heterocycles. The molecule has 0 bridgehead atoms. The number of carbonyl (C=O) groups is 1. The third-order valence-corrected chi connectivity index (χ3v) is 1.47. The van der Waals surface area contributed by atoms with E-state index in [4.69, 9.17) is 0 Å². The fourth-order valence-corrected chi connectivity index (χ4v) is 0.767. The number of alkyl halides is 2. The number of esters is 1. The summed E-state index contributed by atoms with van der Waals surface area (Å²) in [6.07, 6.45) is -0.830. The Bertz CT molecular complexity index is 251. The van der Waals surface area contributed by atoms with Gasteiger partial charge in [-0.25, -0.2) is 8.78 Å². The van der Waals surface area contributed by atoms with E-state index in [0.717, 1.165) is 12.3 Å². The van der Waals surface area contributed by atoms with Crippen molar-refractivity contribution < 1.29 is 18.3 Å². The Morgan fingerprint density at radius 3 is 2.77 bits per heavy atom. The number of hydrogen-bond donors (Lipinski definition) is 0. The van der Waals surface area contributed by atoms with Gasteiger partial charge in [-0.3, -0.25) is 4.79 Å². The highest BCUT2D eigenvalue weighted by molar-refractivity contribution is 5.69. The summed E-state index contributed by atoms with van der Waals surface area (Å²) in [7, 11) is 0. The summed E-state index contributed by atoms with van der Waals surface area (Å²) in [6.45, 7) is 1.51. The van der Waals surface area contributed by atoms with Crippen molar-refractivity contribution in [3.63, 3.8) is 0 Å². The monoisotopic (exact) mass is 190 g/mol. The molecule has 6 heteroatoms. The van der Waals surface area contributed by atoms with E-state index < -0.39 is 18.1 Å². The fourth-order valence-electron chi connectivity index (χ4n) is 0.767. The van der Waals surface area contributed by atoms with Gasteiger partial charge in [-0.15, -0.1) is 5.11 Å². The molecule has 1 atom stereocenters. The molecule has 0 aromatic heterocycles. The SMILES string of the molecule is CCC(=O)OC1(C(F)F)C=CN=N1. The molecule has 0 fully saturated rings. The van der Waals surface area contributed by atoms with Crippen LogP contribution in [-0.4, -0.2) is 18.1 Å². The van der Waals surface area contributed by atoms with Crippen LogP contribution in [0.2, 0.25) is 0 Å². The van der Waals surface area contributed by atoms with Crippen molar-refractivity contribution in [3.8, 4) is 0 Å². The molecule has 0 amide bonds. The Morgan fingerprint density at radius 2 is 2.38 bits per heavy atom. The van der Waals surface area contributed by atoms with Crippen molar-refractivity contribution in [2.24, 2.45) is 10.2 Å². The maximum absolute atomic E-state index is 12.4. The fraction of sp³-hybridized carbons (Fsp3) is 0.571. The van der Waals surface area contributed by atoms with Gasteiger partial charge in [-0.05, 0) is 0 Å². The van der Waals surface area contributed by atoms with Gasteiger partial charge in [0.05, 0.1) is 6.20 Å². The van der Waals surface area contributed by atoms with Crippen molar-refractivity contribution in [2.45, 2.75) is 25.5 Å². The van der Waals surface area contributed by atoms with E-state index in [1.54, 1.807) is 0 Å². The molecule has 1 aliphatic rings. The number of nitrogens with zero attached hydrogens (tertiary/aromatic N) is 2. The molecule has 0 aromatic rings. The van der Waals surface area contributed by atoms with E-state index >= 15 is 0 Å². The van der Waals surface area contributed by atoms with Crippen molar-refractivity contribution in [3.05, 3.63) is 12.3 Å². The third kappa shape index (κ3) is 1.88. The second kappa shape index (κ2) is 3.59. The number of rotatable bonds is 3. The van der Waals surface area contributed by atoms with Crippen molar-refractivity contribution in [2.75, 3.05) is 0 Å². The van der Waals surface area contributed by atoms with Crippen molar-refractivity contribution in [1.82, 2.24) is 0 Å². The summed E-state index contributed by atoms with van der Waals surface area (Å²) in [6, 6.07) is 0. The molecular weight excluding hydrogens is 182 g/mol. The van der Waals surface area contributed by atoms with Gasteiger partial charge in [-0.1, -0.05) is 6.92 Å². The zero-order valence-electron chi connectivity index (χ0n) is 6.91. The van der Waals surface area contributed by atoms with Crippen LogP contribution in [0.25, 0.3) is 0 Å². The lowest BCUT2D eigenvalue weighted by molar-refractivity contribution is -0.167. The van der Waals surface area contributed by atoms with Crippen LogP contribution in [0.5, 0.6) is 0 Å². The molecule has 0 saturated carbocycles. The summed E-state index contributed by atoms with van der Waals surface area (Å²) in [5, 5.41) is 6.41. The highest BCUT2D eigenvalue weighted by atomic mass is 19.3. The molecule has 1 unspecified atom stereocenters. The van der Waals surface area contributed by atoms with Crippen molar-refractivity contribution >= 4 is 5.97 Å². The molecule has 0 spiro atoms. The normalized spacial score (nSPS) is 25.5. The molecule has 13 heavy (non-hydrogen) atoms. The summed E-state index contributed by atoms with van der Waals surface area (Å²) in [4.78, 5) is 10.8. The second-order valence-electron chi connectivity index (χ2n) is 2.41. The number of ether oxygens (including phenoxy) is 1. The van der Waals surface area contributed by atoms with Crippen LogP contribution in [0.3, 0.4) is 0 Å².